The van der Waals surface area contributed by atoms with Crippen molar-refractivity contribution in [2.75, 3.05) is 6.61 Å². The average molecular weight is 448 g/mol. The van der Waals surface area contributed by atoms with Crippen LogP contribution in [-0.2, 0) is 11.8 Å². The normalized spacial score (nSPS) is 10.8. The first-order valence-electron chi connectivity index (χ1n) is 9.15. The van der Waals surface area contributed by atoms with Crippen molar-refractivity contribution in [3.8, 4) is 11.3 Å². The van der Waals surface area contributed by atoms with Crippen LogP contribution < -0.4 is 0 Å². The van der Waals surface area contributed by atoms with Gasteiger partial charge in [-0.3, -0.25) is 4.79 Å². The van der Waals surface area contributed by atoms with Crippen molar-refractivity contribution in [1.29, 1.82) is 0 Å². The van der Waals surface area contributed by atoms with Crippen molar-refractivity contribution in [2.45, 2.75) is 0 Å². The van der Waals surface area contributed by atoms with Gasteiger partial charge in [0.05, 0.1) is 16.8 Å². The Bertz CT molecular complexity index is 1210. The summed E-state index contributed by atoms with van der Waals surface area (Å²) in [6.45, 7) is -0.325. The molecule has 29 heavy (non-hydrogen) atoms. The molecule has 4 nitrogen and oxygen atoms in total. The molecule has 0 bridgehead atoms. The van der Waals surface area contributed by atoms with Crippen molar-refractivity contribution in [1.82, 2.24) is 4.57 Å². The van der Waals surface area contributed by atoms with E-state index in [1.165, 1.54) is 0 Å². The Hall–Kier alpha value is -3.18. The smallest absolute Gasteiger partial charge is 0.339 e. The number of ether oxygens (including phenoxy) is 1. The Morgan fingerprint density at radius 3 is 2.31 bits per heavy atom. The minimum Gasteiger partial charge on any atom is -0.454 e. The average Bonchev–Trinajstić information content (AvgIpc) is 3.05. The third-order valence-electron chi connectivity index (χ3n) is 4.86. The van der Waals surface area contributed by atoms with Crippen molar-refractivity contribution in [2.24, 2.45) is 7.05 Å². The molecule has 1 heterocycles. The summed E-state index contributed by atoms with van der Waals surface area (Å²) in [4.78, 5) is 25.6. The highest BCUT2D eigenvalue weighted by Gasteiger charge is 2.23. The monoisotopic (exact) mass is 447 g/mol. The Balaban J connectivity index is 1.71. The molecular weight excluding hydrogens is 430 g/mol. The van der Waals surface area contributed by atoms with Gasteiger partial charge in [-0.1, -0.05) is 60.7 Å². The van der Waals surface area contributed by atoms with Crippen LogP contribution in [0, 0.1) is 0 Å². The summed E-state index contributed by atoms with van der Waals surface area (Å²) in [7, 11) is 1.94. The van der Waals surface area contributed by atoms with Gasteiger partial charge in [-0.05, 0) is 39.7 Å². The van der Waals surface area contributed by atoms with Crippen LogP contribution in [0.1, 0.15) is 20.7 Å². The lowest BCUT2D eigenvalue weighted by Gasteiger charge is -2.09. The van der Waals surface area contributed by atoms with Crippen LogP contribution in [0.5, 0.6) is 0 Å². The van der Waals surface area contributed by atoms with Gasteiger partial charge in [0.1, 0.15) is 0 Å². The van der Waals surface area contributed by atoms with Crippen LogP contribution in [0.15, 0.2) is 83.3 Å². The lowest BCUT2D eigenvalue weighted by atomic mass is 10.0. The van der Waals surface area contributed by atoms with Crippen LogP contribution in [0.2, 0.25) is 0 Å². The van der Waals surface area contributed by atoms with Gasteiger partial charge in [0.15, 0.2) is 6.61 Å². The second-order valence-corrected chi connectivity index (χ2v) is 7.50. The number of carbonyl (C=O) groups is 2. The molecule has 1 aromatic heterocycles. The number of rotatable bonds is 5. The van der Waals surface area contributed by atoms with Gasteiger partial charge in [-0.25, -0.2) is 4.79 Å². The summed E-state index contributed by atoms with van der Waals surface area (Å²) in [6.07, 6.45) is 0. The number of hydrogen-bond acceptors (Lipinski definition) is 3. The fourth-order valence-electron chi connectivity index (χ4n) is 3.52. The van der Waals surface area contributed by atoms with Crippen LogP contribution >= 0.6 is 15.9 Å². The summed E-state index contributed by atoms with van der Waals surface area (Å²) in [5.74, 6) is -0.770. The largest absolute Gasteiger partial charge is 0.454 e. The van der Waals surface area contributed by atoms with E-state index in [2.05, 4.69) is 15.9 Å². The van der Waals surface area contributed by atoms with Gasteiger partial charge < -0.3 is 9.30 Å². The molecule has 4 rings (SSSR count). The molecule has 0 radical (unpaired) electrons. The SMILES string of the molecule is Cn1c(-c2ccccc2)c(C(=O)COC(=O)c2ccccc2Br)c2ccccc21. The molecule has 0 unspecified atom stereocenters. The first kappa shape index (κ1) is 19.2. The summed E-state index contributed by atoms with van der Waals surface area (Å²) in [6, 6.07) is 24.5. The lowest BCUT2D eigenvalue weighted by molar-refractivity contribution is 0.0474. The van der Waals surface area contributed by atoms with Crippen molar-refractivity contribution in [3.63, 3.8) is 0 Å². The zero-order chi connectivity index (χ0) is 20.4. The van der Waals surface area contributed by atoms with Crippen molar-refractivity contribution in [3.05, 3.63) is 94.5 Å². The standard InChI is InChI=1S/C24H18BrNO3/c1-26-20-14-8-6-12-18(20)22(23(26)16-9-3-2-4-10-16)21(27)15-29-24(28)17-11-5-7-13-19(17)25/h2-14H,15H2,1H3. The van der Waals surface area contributed by atoms with Gasteiger partial charge in [-0.15, -0.1) is 0 Å². The van der Waals surface area contributed by atoms with Crippen LogP contribution in [0.25, 0.3) is 22.2 Å². The number of esters is 1. The fourth-order valence-corrected chi connectivity index (χ4v) is 3.96. The highest BCUT2D eigenvalue weighted by molar-refractivity contribution is 9.10. The Labute approximate surface area is 176 Å². The van der Waals surface area contributed by atoms with E-state index < -0.39 is 5.97 Å². The van der Waals surface area contributed by atoms with E-state index in [0.29, 0.717) is 15.6 Å². The molecule has 3 aromatic carbocycles. The molecule has 0 aliphatic carbocycles. The number of ketones is 1. The number of nitrogens with zero attached hydrogens (tertiary/aromatic N) is 1. The van der Waals surface area contributed by atoms with E-state index in [9.17, 15) is 9.59 Å². The summed E-state index contributed by atoms with van der Waals surface area (Å²) in [5, 5.41) is 0.843. The molecule has 0 spiro atoms. The van der Waals surface area contributed by atoms with Crippen molar-refractivity contribution < 1.29 is 14.3 Å². The molecule has 0 N–H and O–H groups in total. The maximum Gasteiger partial charge on any atom is 0.339 e. The van der Waals surface area contributed by atoms with Crippen LogP contribution in [0.4, 0.5) is 0 Å². The molecule has 0 saturated heterocycles. The van der Waals surface area contributed by atoms with E-state index in [1.807, 2.05) is 72.3 Å². The van der Waals surface area contributed by atoms with Gasteiger partial charge >= 0.3 is 5.97 Å². The van der Waals surface area contributed by atoms with Gasteiger partial charge in [0.25, 0.3) is 0 Å². The number of halogens is 1. The molecular formula is C24H18BrNO3. The molecule has 4 aromatic rings. The molecule has 0 fully saturated rings. The fraction of sp³-hybridized carbons (Fsp3) is 0.0833. The highest BCUT2D eigenvalue weighted by atomic mass is 79.9. The zero-order valence-electron chi connectivity index (χ0n) is 15.8. The van der Waals surface area contributed by atoms with Gasteiger partial charge in [0, 0.05) is 22.4 Å². The summed E-state index contributed by atoms with van der Waals surface area (Å²) in [5.41, 5.74) is 3.66. The van der Waals surface area contributed by atoms with Gasteiger partial charge in [-0.2, -0.15) is 0 Å². The molecule has 0 aliphatic heterocycles. The second kappa shape index (κ2) is 8.05. The number of para-hydroxylation sites is 1. The molecule has 0 amide bonds. The molecule has 5 heteroatoms. The number of fused-ring (bicyclic) bond motifs is 1. The first-order chi connectivity index (χ1) is 14.1. The second-order valence-electron chi connectivity index (χ2n) is 6.64. The minimum atomic E-state index is -0.535. The van der Waals surface area contributed by atoms with E-state index in [-0.39, 0.29) is 12.4 Å². The number of aryl methyl sites for hydroxylation is 1. The quantitative estimate of drug-likeness (QED) is 0.293. The number of aromatic nitrogens is 1. The third-order valence-corrected chi connectivity index (χ3v) is 5.55. The molecule has 0 saturated carbocycles. The van der Waals surface area contributed by atoms with E-state index in [0.717, 1.165) is 22.2 Å². The van der Waals surface area contributed by atoms with E-state index in [1.54, 1.807) is 18.2 Å². The summed E-state index contributed by atoms with van der Waals surface area (Å²) >= 11 is 3.34. The Kier molecular flexibility index (Phi) is 5.32. The maximum atomic E-state index is 13.2. The number of Topliss-reactive ketones (excluding diaryl/α,β-unsaturated/α-hetero) is 1. The predicted molar refractivity (Wildman–Crippen MR) is 117 cm³/mol. The lowest BCUT2D eigenvalue weighted by Crippen LogP contribution is -2.15. The van der Waals surface area contributed by atoms with E-state index >= 15 is 0 Å². The van der Waals surface area contributed by atoms with Gasteiger partial charge in [0.2, 0.25) is 5.78 Å². The van der Waals surface area contributed by atoms with Crippen LogP contribution in [-0.4, -0.2) is 22.9 Å². The Morgan fingerprint density at radius 2 is 1.55 bits per heavy atom. The molecule has 144 valence electrons. The number of hydrogen-bond donors (Lipinski definition) is 0. The minimum absolute atomic E-state index is 0.235. The third kappa shape index (κ3) is 3.61. The number of benzene rings is 3. The zero-order valence-corrected chi connectivity index (χ0v) is 17.3. The first-order valence-corrected chi connectivity index (χ1v) is 9.95. The van der Waals surface area contributed by atoms with Crippen LogP contribution in [0.3, 0.4) is 0 Å². The Morgan fingerprint density at radius 1 is 0.897 bits per heavy atom. The topological polar surface area (TPSA) is 48.3 Å². The summed E-state index contributed by atoms with van der Waals surface area (Å²) < 4.78 is 7.99. The van der Waals surface area contributed by atoms with E-state index in [4.69, 9.17) is 4.74 Å². The molecule has 0 atom stereocenters. The number of carbonyl (C=O) groups excluding carboxylic acids is 2. The molecule has 0 aliphatic rings. The predicted octanol–water partition coefficient (Wildman–Crippen LogP) is 5.65. The highest BCUT2D eigenvalue weighted by Crippen LogP contribution is 2.33. The maximum absolute atomic E-state index is 13.2. The van der Waals surface area contributed by atoms with Crippen molar-refractivity contribution >= 4 is 38.6 Å².